The molecule has 0 spiro atoms. The van der Waals surface area contributed by atoms with Gasteiger partial charge in [-0.05, 0) is 24.3 Å². The number of ether oxygens (including phenoxy) is 1. The molecular formula is C18H14N4O2. The summed E-state index contributed by atoms with van der Waals surface area (Å²) in [5, 5.41) is 23.1. The Morgan fingerprint density at radius 1 is 1.12 bits per heavy atom. The van der Waals surface area contributed by atoms with Crippen LogP contribution in [0.1, 0.15) is 10.4 Å². The van der Waals surface area contributed by atoms with E-state index >= 15 is 0 Å². The number of hydrogen-bond acceptors (Lipinski definition) is 5. The zero-order valence-corrected chi connectivity index (χ0v) is 12.9. The first-order valence-electron chi connectivity index (χ1n) is 6.99. The van der Waals surface area contributed by atoms with Crippen LogP contribution in [0.5, 0.6) is 5.75 Å². The van der Waals surface area contributed by atoms with E-state index in [1.165, 1.54) is 6.20 Å². The summed E-state index contributed by atoms with van der Waals surface area (Å²) in [7, 11) is 1.55. The van der Waals surface area contributed by atoms with E-state index in [4.69, 9.17) is 15.3 Å². The molecule has 2 rings (SSSR count). The average Bonchev–Trinajstić information content (AvgIpc) is 2.63. The van der Waals surface area contributed by atoms with Gasteiger partial charge in [-0.3, -0.25) is 4.79 Å². The Labute approximate surface area is 139 Å². The van der Waals surface area contributed by atoms with Gasteiger partial charge in [-0.2, -0.15) is 10.5 Å². The van der Waals surface area contributed by atoms with Crippen molar-refractivity contribution in [1.82, 2.24) is 0 Å². The van der Waals surface area contributed by atoms with Gasteiger partial charge in [0.25, 0.3) is 5.91 Å². The second-order valence-corrected chi connectivity index (χ2v) is 4.66. The first-order valence-corrected chi connectivity index (χ1v) is 6.99. The lowest BCUT2D eigenvalue weighted by Crippen LogP contribution is -2.13. The number of nitriles is 2. The fourth-order valence-corrected chi connectivity index (χ4v) is 1.95. The van der Waals surface area contributed by atoms with E-state index < -0.39 is 0 Å². The van der Waals surface area contributed by atoms with Crippen molar-refractivity contribution in [2.75, 3.05) is 17.7 Å². The standard InChI is InChI=1S/C18H14N4O2/c1-24-15-6-4-5-14(9-15)22-18(23)16-7-2-3-8-17(16)21-12-13(10-19)11-20/h2-9,12,21H,1H3,(H,22,23). The molecule has 0 bridgehead atoms. The summed E-state index contributed by atoms with van der Waals surface area (Å²) in [6.45, 7) is 0. The van der Waals surface area contributed by atoms with Crippen molar-refractivity contribution < 1.29 is 9.53 Å². The van der Waals surface area contributed by atoms with Gasteiger partial charge in [-0.15, -0.1) is 0 Å². The van der Waals surface area contributed by atoms with Crippen LogP contribution >= 0.6 is 0 Å². The van der Waals surface area contributed by atoms with Gasteiger partial charge in [0.2, 0.25) is 0 Å². The fourth-order valence-electron chi connectivity index (χ4n) is 1.95. The van der Waals surface area contributed by atoms with Gasteiger partial charge in [0, 0.05) is 18.0 Å². The van der Waals surface area contributed by atoms with Gasteiger partial charge in [0.05, 0.1) is 18.4 Å². The molecule has 0 aromatic heterocycles. The van der Waals surface area contributed by atoms with Gasteiger partial charge in [0.1, 0.15) is 23.5 Å². The Kier molecular flexibility index (Phi) is 5.55. The van der Waals surface area contributed by atoms with Gasteiger partial charge >= 0.3 is 0 Å². The Bertz CT molecular complexity index is 844. The van der Waals surface area contributed by atoms with Crippen molar-refractivity contribution in [1.29, 1.82) is 10.5 Å². The minimum Gasteiger partial charge on any atom is -0.497 e. The predicted molar refractivity (Wildman–Crippen MR) is 90.3 cm³/mol. The second kappa shape index (κ2) is 8.02. The molecule has 0 fully saturated rings. The third kappa shape index (κ3) is 4.12. The number of benzene rings is 2. The van der Waals surface area contributed by atoms with Crippen LogP contribution < -0.4 is 15.4 Å². The Hall–Kier alpha value is -3.77. The van der Waals surface area contributed by atoms with Crippen molar-refractivity contribution in [2.24, 2.45) is 0 Å². The predicted octanol–water partition coefficient (Wildman–Crippen LogP) is 3.29. The maximum atomic E-state index is 12.5. The first-order chi connectivity index (χ1) is 11.7. The molecule has 2 aromatic carbocycles. The normalized spacial score (nSPS) is 9.12. The van der Waals surface area contributed by atoms with E-state index in [-0.39, 0.29) is 11.5 Å². The summed E-state index contributed by atoms with van der Waals surface area (Å²) in [5.74, 6) is 0.310. The highest BCUT2D eigenvalue weighted by Crippen LogP contribution is 2.20. The Balaban J connectivity index is 2.22. The maximum absolute atomic E-state index is 12.5. The Morgan fingerprint density at radius 2 is 1.88 bits per heavy atom. The van der Waals surface area contributed by atoms with Gasteiger partial charge in [0.15, 0.2) is 0 Å². The molecule has 1 amide bonds. The molecule has 6 nitrogen and oxygen atoms in total. The average molecular weight is 318 g/mol. The first kappa shape index (κ1) is 16.6. The van der Waals surface area contributed by atoms with E-state index in [0.29, 0.717) is 22.7 Å². The number of rotatable bonds is 5. The largest absolute Gasteiger partial charge is 0.497 e. The lowest BCUT2D eigenvalue weighted by atomic mass is 10.1. The minimum atomic E-state index is -0.324. The number of nitrogens with one attached hydrogen (secondary N) is 2. The van der Waals surface area contributed by atoms with Crippen molar-refractivity contribution >= 4 is 17.3 Å². The van der Waals surface area contributed by atoms with E-state index in [0.717, 1.165) is 0 Å². The lowest BCUT2D eigenvalue weighted by Gasteiger charge is -2.10. The van der Waals surface area contributed by atoms with Gasteiger partial charge in [-0.25, -0.2) is 0 Å². The molecule has 0 saturated heterocycles. The van der Waals surface area contributed by atoms with Crippen LogP contribution in [0.25, 0.3) is 0 Å². The number of methoxy groups -OCH3 is 1. The van der Waals surface area contributed by atoms with Crippen LogP contribution in [-0.2, 0) is 0 Å². The van der Waals surface area contributed by atoms with Gasteiger partial charge < -0.3 is 15.4 Å². The second-order valence-electron chi connectivity index (χ2n) is 4.66. The molecule has 0 saturated carbocycles. The molecule has 24 heavy (non-hydrogen) atoms. The molecule has 0 aliphatic rings. The van der Waals surface area contributed by atoms with E-state index in [2.05, 4.69) is 10.6 Å². The van der Waals surface area contributed by atoms with Crippen LogP contribution in [-0.4, -0.2) is 13.0 Å². The number of para-hydroxylation sites is 1. The highest BCUT2D eigenvalue weighted by Gasteiger charge is 2.11. The summed E-state index contributed by atoms with van der Waals surface area (Å²) in [4.78, 5) is 12.5. The number of carbonyl (C=O) groups is 1. The number of anilines is 2. The molecule has 0 aliphatic carbocycles. The number of nitrogens with zero attached hydrogens (tertiary/aromatic N) is 2. The molecule has 2 N–H and O–H groups in total. The number of amides is 1. The summed E-state index contributed by atoms with van der Waals surface area (Å²) in [6.07, 6.45) is 1.26. The van der Waals surface area contributed by atoms with Crippen molar-refractivity contribution in [2.45, 2.75) is 0 Å². The third-order valence-corrected chi connectivity index (χ3v) is 3.11. The maximum Gasteiger partial charge on any atom is 0.257 e. The lowest BCUT2D eigenvalue weighted by molar-refractivity contribution is 0.102. The van der Waals surface area contributed by atoms with Crippen LogP contribution in [0.2, 0.25) is 0 Å². The third-order valence-electron chi connectivity index (χ3n) is 3.11. The monoisotopic (exact) mass is 318 g/mol. The molecule has 118 valence electrons. The quantitative estimate of drug-likeness (QED) is 0.824. The highest BCUT2D eigenvalue weighted by molar-refractivity contribution is 6.08. The van der Waals surface area contributed by atoms with E-state index in [9.17, 15) is 4.79 Å². The fraction of sp³-hybridized carbons (Fsp3) is 0.0556. The van der Waals surface area contributed by atoms with E-state index in [1.807, 2.05) is 0 Å². The summed E-state index contributed by atoms with van der Waals surface area (Å²) in [6, 6.07) is 17.3. The number of carbonyl (C=O) groups excluding carboxylic acids is 1. The SMILES string of the molecule is COc1cccc(NC(=O)c2ccccc2NC=C(C#N)C#N)c1. The van der Waals surface area contributed by atoms with Crippen LogP contribution in [0, 0.1) is 22.7 Å². The number of allylic oxidation sites excluding steroid dienone is 1. The number of hydrogen-bond donors (Lipinski definition) is 2. The van der Waals surface area contributed by atoms with Crippen molar-refractivity contribution in [3.05, 3.63) is 65.9 Å². The molecule has 0 aliphatic heterocycles. The van der Waals surface area contributed by atoms with Crippen molar-refractivity contribution in [3.8, 4) is 17.9 Å². The molecule has 0 heterocycles. The zero-order chi connectivity index (χ0) is 17.4. The summed E-state index contributed by atoms with van der Waals surface area (Å²) < 4.78 is 5.12. The molecule has 0 radical (unpaired) electrons. The van der Waals surface area contributed by atoms with E-state index in [1.54, 1.807) is 67.8 Å². The van der Waals surface area contributed by atoms with Crippen LogP contribution in [0.4, 0.5) is 11.4 Å². The smallest absolute Gasteiger partial charge is 0.257 e. The molecule has 0 unspecified atom stereocenters. The van der Waals surface area contributed by atoms with Crippen molar-refractivity contribution in [3.63, 3.8) is 0 Å². The summed E-state index contributed by atoms with van der Waals surface area (Å²) in [5.41, 5.74) is 1.38. The molecular weight excluding hydrogens is 304 g/mol. The molecule has 6 heteroatoms. The molecule has 2 aromatic rings. The molecule has 0 atom stereocenters. The van der Waals surface area contributed by atoms with Gasteiger partial charge in [-0.1, -0.05) is 18.2 Å². The van der Waals surface area contributed by atoms with Crippen LogP contribution in [0.15, 0.2) is 60.3 Å². The topological polar surface area (TPSA) is 97.9 Å². The highest BCUT2D eigenvalue weighted by atomic mass is 16.5. The Morgan fingerprint density at radius 3 is 2.58 bits per heavy atom. The van der Waals surface area contributed by atoms with Crippen LogP contribution in [0.3, 0.4) is 0 Å². The minimum absolute atomic E-state index is 0.0852. The summed E-state index contributed by atoms with van der Waals surface area (Å²) >= 11 is 0. The zero-order valence-electron chi connectivity index (χ0n) is 12.9.